The molecule has 0 saturated heterocycles. The minimum Gasteiger partial charge on any atom is -0.270 e. The summed E-state index contributed by atoms with van der Waals surface area (Å²) in [6.45, 7) is 6.79. The monoisotopic (exact) mass is 214 g/mol. The molecule has 0 aromatic carbocycles. The lowest BCUT2D eigenvalue weighted by atomic mass is 10.3. The van der Waals surface area contributed by atoms with Crippen LogP contribution in [0.25, 0.3) is 0 Å². The van der Waals surface area contributed by atoms with Crippen molar-refractivity contribution in [3.05, 3.63) is 0 Å². The minimum absolute atomic E-state index is 1.14. The van der Waals surface area contributed by atoms with Gasteiger partial charge in [0.15, 0.2) is 0 Å². The number of nitrogens with zero attached hydrogens (tertiary/aromatic N) is 3. The molecular formula is C12H28N3+. The van der Waals surface area contributed by atoms with E-state index in [0.29, 0.717) is 0 Å². The molecule has 0 atom stereocenters. The third-order valence-electron chi connectivity index (χ3n) is 2.36. The van der Waals surface area contributed by atoms with Crippen LogP contribution < -0.4 is 0 Å². The molecule has 0 aliphatic heterocycles. The Balaban J connectivity index is 4.62. The first-order valence-electron chi connectivity index (χ1n) is 6.01. The van der Waals surface area contributed by atoms with Crippen LogP contribution in [0.5, 0.6) is 0 Å². The lowest BCUT2D eigenvalue weighted by Gasteiger charge is -2.24. The standard InChI is InChI=1S/C12H28N3/c1-7-9-11-15(10-8-2)12(13(3)4)14(5)6/h7-11H2,1-6H3/q+1. The van der Waals surface area contributed by atoms with Crippen molar-refractivity contribution in [3.8, 4) is 0 Å². The zero-order chi connectivity index (χ0) is 11.8. The van der Waals surface area contributed by atoms with Crippen LogP contribution in [0.15, 0.2) is 0 Å². The first kappa shape index (κ1) is 14.3. The van der Waals surface area contributed by atoms with Gasteiger partial charge in [-0.1, -0.05) is 20.3 Å². The summed E-state index contributed by atoms with van der Waals surface area (Å²) in [5.41, 5.74) is 0. The number of hydrogen-bond acceptors (Lipinski definition) is 0. The highest BCUT2D eigenvalue weighted by molar-refractivity contribution is 5.74. The maximum Gasteiger partial charge on any atom is 0.349 e. The molecule has 0 fully saturated rings. The molecule has 0 saturated carbocycles. The Bertz CT molecular complexity index is 193. The van der Waals surface area contributed by atoms with Gasteiger partial charge in [0.05, 0.1) is 41.3 Å². The van der Waals surface area contributed by atoms with Crippen LogP contribution in [0.3, 0.4) is 0 Å². The molecule has 0 aliphatic rings. The van der Waals surface area contributed by atoms with Gasteiger partial charge in [0.25, 0.3) is 0 Å². The Morgan fingerprint density at radius 2 is 1.60 bits per heavy atom. The normalized spacial score (nSPS) is 10.0. The fourth-order valence-corrected chi connectivity index (χ4v) is 1.90. The average molecular weight is 214 g/mol. The van der Waals surface area contributed by atoms with E-state index in [0.717, 1.165) is 13.1 Å². The van der Waals surface area contributed by atoms with Crippen molar-refractivity contribution in [2.45, 2.75) is 33.1 Å². The topological polar surface area (TPSA) is 9.49 Å². The Hall–Kier alpha value is -0.730. The summed E-state index contributed by atoms with van der Waals surface area (Å²) in [5, 5.41) is 0. The van der Waals surface area contributed by atoms with Gasteiger partial charge in [0.2, 0.25) is 0 Å². The molecule has 0 N–H and O–H groups in total. The van der Waals surface area contributed by atoms with Crippen molar-refractivity contribution in [1.29, 1.82) is 0 Å². The Morgan fingerprint density at radius 1 is 1.00 bits per heavy atom. The molecule has 0 unspecified atom stereocenters. The first-order valence-corrected chi connectivity index (χ1v) is 6.01. The summed E-state index contributed by atoms with van der Waals surface area (Å²) in [6, 6.07) is 0. The number of guanidine groups is 1. The van der Waals surface area contributed by atoms with Crippen LogP contribution in [0, 0.1) is 0 Å². The lowest BCUT2D eigenvalue weighted by molar-refractivity contribution is -0.476. The second-order valence-corrected chi connectivity index (χ2v) is 4.43. The SMILES string of the molecule is CCCCN(CCC)C(N(C)C)=[N+](C)C. The van der Waals surface area contributed by atoms with Crippen molar-refractivity contribution in [2.24, 2.45) is 0 Å². The second-order valence-electron chi connectivity index (χ2n) is 4.43. The molecule has 15 heavy (non-hydrogen) atoms. The van der Waals surface area contributed by atoms with E-state index < -0.39 is 0 Å². The third-order valence-corrected chi connectivity index (χ3v) is 2.36. The van der Waals surface area contributed by atoms with Crippen LogP contribution in [0.1, 0.15) is 33.1 Å². The van der Waals surface area contributed by atoms with Crippen LogP contribution in [-0.4, -0.2) is 61.6 Å². The van der Waals surface area contributed by atoms with Crippen molar-refractivity contribution in [1.82, 2.24) is 9.80 Å². The number of unbranched alkanes of at least 4 members (excludes halogenated alkanes) is 1. The van der Waals surface area contributed by atoms with Crippen LogP contribution >= 0.6 is 0 Å². The van der Waals surface area contributed by atoms with Crippen LogP contribution in [0.2, 0.25) is 0 Å². The predicted molar refractivity (Wildman–Crippen MR) is 67.6 cm³/mol. The first-order chi connectivity index (χ1) is 7.04. The molecule has 0 rings (SSSR count). The number of hydrogen-bond donors (Lipinski definition) is 0. The van der Waals surface area contributed by atoms with Gasteiger partial charge in [-0.2, -0.15) is 0 Å². The van der Waals surface area contributed by atoms with Crippen LogP contribution in [0.4, 0.5) is 0 Å². The highest BCUT2D eigenvalue weighted by atomic mass is 15.4. The molecule has 0 bridgehead atoms. The van der Waals surface area contributed by atoms with E-state index in [1.165, 1.54) is 25.2 Å². The van der Waals surface area contributed by atoms with E-state index in [-0.39, 0.29) is 0 Å². The maximum atomic E-state index is 2.48. The quantitative estimate of drug-likeness (QED) is 0.391. The molecule has 0 aromatic heterocycles. The van der Waals surface area contributed by atoms with Crippen molar-refractivity contribution in [3.63, 3.8) is 0 Å². The van der Waals surface area contributed by atoms with Gasteiger partial charge in [0.1, 0.15) is 0 Å². The van der Waals surface area contributed by atoms with Crippen LogP contribution in [-0.2, 0) is 0 Å². The fourth-order valence-electron chi connectivity index (χ4n) is 1.90. The highest BCUT2D eigenvalue weighted by Gasteiger charge is 2.20. The minimum atomic E-state index is 1.14. The molecule has 0 radical (unpaired) electrons. The lowest BCUT2D eigenvalue weighted by Crippen LogP contribution is -2.46. The van der Waals surface area contributed by atoms with Gasteiger partial charge < -0.3 is 0 Å². The van der Waals surface area contributed by atoms with Gasteiger partial charge in [0, 0.05) is 0 Å². The van der Waals surface area contributed by atoms with Gasteiger partial charge in [-0.3, -0.25) is 14.4 Å². The summed E-state index contributed by atoms with van der Waals surface area (Å²) >= 11 is 0. The van der Waals surface area contributed by atoms with Gasteiger partial charge >= 0.3 is 5.96 Å². The van der Waals surface area contributed by atoms with Crippen molar-refractivity contribution >= 4 is 5.96 Å². The largest absolute Gasteiger partial charge is 0.349 e. The van der Waals surface area contributed by atoms with Gasteiger partial charge in [-0.25, -0.2) is 0 Å². The third kappa shape index (κ3) is 5.05. The summed E-state index contributed by atoms with van der Waals surface area (Å²) in [5.74, 6) is 1.31. The van der Waals surface area contributed by atoms with E-state index in [4.69, 9.17) is 0 Å². The maximum absolute atomic E-state index is 2.48. The molecule has 0 heterocycles. The Kier molecular flexibility index (Phi) is 7.18. The van der Waals surface area contributed by atoms with E-state index in [1.54, 1.807) is 0 Å². The smallest absolute Gasteiger partial charge is 0.270 e. The molecule has 3 heteroatoms. The molecule has 0 spiro atoms. The van der Waals surface area contributed by atoms with Crippen molar-refractivity contribution < 1.29 is 4.58 Å². The Labute approximate surface area is 95.4 Å². The second kappa shape index (κ2) is 7.55. The van der Waals surface area contributed by atoms with Gasteiger partial charge in [-0.05, 0) is 12.8 Å². The highest BCUT2D eigenvalue weighted by Crippen LogP contribution is 2.00. The van der Waals surface area contributed by atoms with E-state index in [2.05, 4.69) is 56.4 Å². The summed E-state index contributed by atoms with van der Waals surface area (Å²) < 4.78 is 2.20. The summed E-state index contributed by atoms with van der Waals surface area (Å²) in [7, 11) is 8.46. The fraction of sp³-hybridized carbons (Fsp3) is 0.917. The molecule has 3 nitrogen and oxygen atoms in total. The molecule has 0 aliphatic carbocycles. The molecular weight excluding hydrogens is 186 g/mol. The summed E-state index contributed by atoms with van der Waals surface area (Å²) in [4.78, 5) is 4.68. The van der Waals surface area contributed by atoms with Gasteiger partial charge in [-0.15, -0.1) is 0 Å². The zero-order valence-corrected chi connectivity index (χ0v) is 11.4. The average Bonchev–Trinajstić information content (AvgIpc) is 2.13. The van der Waals surface area contributed by atoms with Crippen molar-refractivity contribution in [2.75, 3.05) is 41.3 Å². The van der Waals surface area contributed by atoms with E-state index in [9.17, 15) is 0 Å². The molecule has 90 valence electrons. The predicted octanol–water partition coefficient (Wildman–Crippen LogP) is 1.69. The molecule has 0 amide bonds. The summed E-state index contributed by atoms with van der Waals surface area (Å²) in [6.07, 6.45) is 3.73. The molecule has 0 aromatic rings. The zero-order valence-electron chi connectivity index (χ0n) is 11.4. The Morgan fingerprint density at radius 3 is 1.93 bits per heavy atom. The van der Waals surface area contributed by atoms with E-state index >= 15 is 0 Å². The number of rotatable bonds is 5. The van der Waals surface area contributed by atoms with E-state index in [1.807, 2.05) is 0 Å².